The molecule has 0 atom stereocenters. The molecule has 0 unspecified atom stereocenters. The van der Waals surface area contributed by atoms with E-state index in [-0.39, 0.29) is 48.6 Å². The van der Waals surface area contributed by atoms with Gasteiger partial charge in [-0.15, -0.1) is 0 Å². The molecule has 408 valence electrons. The van der Waals surface area contributed by atoms with E-state index in [9.17, 15) is 66.1 Å². The van der Waals surface area contributed by atoms with Gasteiger partial charge in [-0.25, -0.2) is 24.0 Å². The summed E-state index contributed by atoms with van der Waals surface area (Å²) >= 11 is 0. The molecule has 25 nitrogen and oxygen atoms in total. The predicted octanol–water partition coefficient (Wildman–Crippen LogP) is 3.49. The molecule has 0 bridgehead atoms. The Morgan fingerprint density at radius 2 is 0.603 bits per heavy atom. The number of ether oxygens (including phenoxy) is 5. The van der Waals surface area contributed by atoms with Crippen molar-refractivity contribution in [2.24, 2.45) is 0 Å². The summed E-state index contributed by atoms with van der Waals surface area (Å²) in [5, 5.41) is 0. The maximum absolute atomic E-state index is 12.3. The summed E-state index contributed by atoms with van der Waals surface area (Å²) in [6, 6.07) is 11.4. The van der Waals surface area contributed by atoms with Gasteiger partial charge in [0.2, 0.25) is 28.8 Å². The quantitative estimate of drug-likeness (QED) is 0.0370. The molecule has 0 spiro atoms. The van der Waals surface area contributed by atoms with E-state index in [1.54, 1.807) is 45.0 Å². The van der Waals surface area contributed by atoms with Crippen molar-refractivity contribution in [2.45, 2.75) is 64.2 Å². The molecule has 73 heavy (non-hydrogen) atoms. The van der Waals surface area contributed by atoms with Gasteiger partial charge in [0, 0.05) is 0 Å². The minimum atomic E-state index is -4.28. The Hall–Kier alpha value is -6.76. The van der Waals surface area contributed by atoms with E-state index < -0.39 is 127 Å². The monoisotopic (exact) mass is 1130 g/mol. The fourth-order valence-corrected chi connectivity index (χ4v) is 8.77. The summed E-state index contributed by atoms with van der Waals surface area (Å²) in [6.07, 6.45) is -0.0652. The molecule has 0 N–H and O–H groups in total. The third kappa shape index (κ3) is 26.0. The third-order valence-electron chi connectivity index (χ3n) is 7.59. The smallest absolute Gasteiger partial charge is 0.374 e. The summed E-state index contributed by atoms with van der Waals surface area (Å²) in [6.45, 7) is 25.2. The Morgan fingerprint density at radius 1 is 0.370 bits per heavy atom. The van der Waals surface area contributed by atoms with Crippen LogP contribution in [0.4, 0.5) is 0 Å². The molecule has 0 aliphatic heterocycles. The highest BCUT2D eigenvalue weighted by atomic mass is 32.2. The van der Waals surface area contributed by atoms with Crippen LogP contribution < -0.4 is 0 Å². The van der Waals surface area contributed by atoms with Crippen molar-refractivity contribution >= 4 is 80.4 Å². The Morgan fingerprint density at radius 3 is 0.836 bits per heavy atom. The molecule has 0 heterocycles. The van der Waals surface area contributed by atoms with Gasteiger partial charge in [0.15, 0.2) is 0 Å². The second-order valence-electron chi connectivity index (χ2n) is 13.2. The summed E-state index contributed by atoms with van der Waals surface area (Å²) in [5.41, 5.74) is 1.44. The molecule has 2 aromatic carbocycles. The van der Waals surface area contributed by atoms with Gasteiger partial charge in [-0.05, 0) is 123 Å². The zero-order chi connectivity index (χ0) is 56.4. The number of benzene rings is 2. The van der Waals surface area contributed by atoms with Crippen LogP contribution in [0.2, 0.25) is 0 Å². The highest BCUT2D eigenvalue weighted by Gasteiger charge is 2.25. The summed E-state index contributed by atoms with van der Waals surface area (Å²) < 4.78 is 163. The van der Waals surface area contributed by atoms with Crippen molar-refractivity contribution < 1.29 is 111 Å². The van der Waals surface area contributed by atoms with E-state index in [0.717, 1.165) is 11.1 Å². The molecule has 0 aliphatic rings. The van der Waals surface area contributed by atoms with Crippen LogP contribution in [0.1, 0.15) is 59.1 Å². The first-order chi connectivity index (χ1) is 33.8. The number of carbonyl (C=O) groups excluding carboxylic acids is 5. The maximum Gasteiger partial charge on any atom is 0.374 e. The lowest BCUT2D eigenvalue weighted by Gasteiger charge is -2.10. The molecule has 0 aliphatic carbocycles. The molecule has 0 aromatic heterocycles. The summed E-state index contributed by atoms with van der Waals surface area (Å²) in [7, 11) is -20.7. The van der Waals surface area contributed by atoms with Crippen LogP contribution in [0.25, 0.3) is 0 Å². The molecule has 0 saturated carbocycles. The normalized spacial score (nSPS) is 11.2. The lowest BCUT2D eigenvalue weighted by molar-refractivity contribution is -0.141. The zero-order valence-electron chi connectivity index (χ0n) is 40.5. The number of carbonyl (C=O) groups is 5. The summed E-state index contributed by atoms with van der Waals surface area (Å²) in [4.78, 5) is 55.9. The van der Waals surface area contributed by atoms with Gasteiger partial charge in [-0.2, -0.15) is 42.1 Å². The lowest BCUT2D eigenvalue weighted by Crippen LogP contribution is -2.20. The van der Waals surface area contributed by atoms with Crippen LogP contribution in [-0.4, -0.2) is 122 Å². The Balaban J connectivity index is 0.00000119. The van der Waals surface area contributed by atoms with Crippen molar-refractivity contribution in [1.29, 1.82) is 0 Å². The number of rotatable bonds is 29. The van der Waals surface area contributed by atoms with Gasteiger partial charge >= 0.3 is 80.4 Å². The first kappa shape index (κ1) is 66.2. The molecule has 0 saturated heterocycles. The van der Waals surface area contributed by atoms with Gasteiger partial charge < -0.3 is 44.6 Å². The number of hydrogen-bond acceptors (Lipinski definition) is 25. The van der Waals surface area contributed by atoms with Gasteiger partial charge in [0.1, 0.15) is 9.79 Å². The SMILES string of the molecule is C=C(OS(=O)(=O)CC)C(=O)OCC.C=C(OS(=O)(=O)CCCS(=O)(=O)OC(=C)C(=O)OCC)C(=O)OCC.C=C(OS(=O)(=O)c1ccc(Cc2ccc(S(=O)(=O)OC(=C)C(=O)OCC)cc2)cc1)C(=O)OCC. The average Bonchev–Trinajstić information content (AvgIpc) is 3.29. The van der Waals surface area contributed by atoms with E-state index in [1.165, 1.54) is 45.0 Å². The van der Waals surface area contributed by atoms with Crippen molar-refractivity contribution in [3.05, 3.63) is 121 Å². The molecule has 2 rings (SSSR count). The molecular formula is C43H56O25S5. The van der Waals surface area contributed by atoms with Gasteiger partial charge in [-0.3, -0.25) is 0 Å². The second-order valence-corrected chi connectivity index (χ2v) is 21.6. The molecule has 0 fully saturated rings. The predicted molar refractivity (Wildman–Crippen MR) is 256 cm³/mol. The molecule has 2 aromatic rings. The van der Waals surface area contributed by atoms with Crippen molar-refractivity contribution in [3.63, 3.8) is 0 Å². The highest BCUT2D eigenvalue weighted by Crippen LogP contribution is 2.21. The van der Waals surface area contributed by atoms with Crippen molar-refractivity contribution in [3.8, 4) is 0 Å². The Bertz CT molecular complexity index is 2720. The van der Waals surface area contributed by atoms with Crippen LogP contribution in [0.3, 0.4) is 0 Å². The van der Waals surface area contributed by atoms with E-state index >= 15 is 0 Å². The van der Waals surface area contributed by atoms with Gasteiger partial charge in [-0.1, -0.05) is 24.3 Å². The minimum Gasteiger partial charge on any atom is -0.460 e. The minimum absolute atomic E-state index is 0.00119. The maximum atomic E-state index is 12.3. The number of esters is 5. The average molecular weight is 1130 g/mol. The topological polar surface area (TPSA) is 348 Å². The van der Waals surface area contributed by atoms with Crippen molar-refractivity contribution in [2.75, 3.05) is 50.3 Å². The van der Waals surface area contributed by atoms with Gasteiger partial charge in [0.25, 0.3) is 0 Å². The standard InChI is InChI=1S/C23H24O10S2.C13H20O10S2.C7H12O5S/c1-5-30-22(24)16(3)32-34(26,27)20-11-7-18(8-12-20)15-19-9-13-21(14-10-19)35(28,29)33-17(4)23(25)31-6-2;1-5-20-12(14)10(3)22-24(16,17)8-7-9-25(18,19)23-11(4)13(15)21-6-2;1-4-11-7(8)6(3)12-13(9,10)5-2/h7-14H,3-6,15H2,1-2H3;3-9H2,1-2H3;3-5H2,1-2H3. The molecular weight excluding hydrogens is 1080 g/mol. The largest absolute Gasteiger partial charge is 0.460 e. The molecule has 0 amide bonds. The van der Waals surface area contributed by atoms with Gasteiger partial charge in [0.05, 0.1) is 50.3 Å². The third-order valence-corrected chi connectivity index (χ3v) is 13.8. The van der Waals surface area contributed by atoms with E-state index in [2.05, 4.69) is 69.1 Å². The van der Waals surface area contributed by atoms with E-state index in [0.29, 0.717) is 6.42 Å². The van der Waals surface area contributed by atoms with Crippen LogP contribution in [0.5, 0.6) is 0 Å². The fraction of sp³-hybridized carbons (Fsp3) is 0.372. The second kappa shape index (κ2) is 31.0. The Kier molecular flexibility index (Phi) is 28.1. The van der Waals surface area contributed by atoms with Crippen molar-refractivity contribution in [1.82, 2.24) is 0 Å². The first-order valence-corrected chi connectivity index (χ1v) is 28.4. The highest BCUT2D eigenvalue weighted by molar-refractivity contribution is 7.88. The lowest BCUT2D eigenvalue weighted by atomic mass is 10.1. The van der Waals surface area contributed by atoms with Crippen LogP contribution in [0, 0.1) is 0 Å². The fourth-order valence-electron chi connectivity index (χ4n) is 4.39. The van der Waals surface area contributed by atoms with Crippen LogP contribution in [0.15, 0.2) is 120 Å². The van der Waals surface area contributed by atoms with E-state index in [4.69, 9.17) is 8.37 Å². The Labute approximate surface area is 424 Å². The molecule has 30 heteroatoms. The zero-order valence-corrected chi connectivity index (χ0v) is 44.6. The van der Waals surface area contributed by atoms with Crippen LogP contribution >= 0.6 is 0 Å². The van der Waals surface area contributed by atoms with Crippen LogP contribution in [-0.2, 0) is 126 Å². The number of hydrogen-bond donors (Lipinski definition) is 0. The molecule has 0 radical (unpaired) electrons. The first-order valence-electron chi connectivity index (χ1n) is 20.9. The van der Waals surface area contributed by atoms with E-state index in [1.807, 2.05) is 0 Å². The summed E-state index contributed by atoms with van der Waals surface area (Å²) in [5.74, 6) is -9.90.